The van der Waals surface area contributed by atoms with E-state index in [1.807, 2.05) is 23.1 Å². The molecule has 1 aromatic carbocycles. The van der Waals surface area contributed by atoms with Crippen LogP contribution in [0.25, 0.3) is 5.69 Å². The lowest BCUT2D eigenvalue weighted by atomic mass is 10.2. The van der Waals surface area contributed by atoms with Gasteiger partial charge in [-0.05, 0) is 62.4 Å². The summed E-state index contributed by atoms with van der Waals surface area (Å²) in [6.45, 7) is 3.86. The van der Waals surface area contributed by atoms with Crippen LogP contribution >= 0.6 is 23.1 Å². The lowest BCUT2D eigenvalue weighted by molar-refractivity contribution is -0.129. The van der Waals surface area contributed by atoms with Crippen molar-refractivity contribution in [3.05, 3.63) is 58.5 Å². The predicted molar refractivity (Wildman–Crippen MR) is 125 cm³/mol. The molecular formula is C23H27N5OS2. The molecule has 2 aliphatic rings. The van der Waals surface area contributed by atoms with Gasteiger partial charge in [-0.3, -0.25) is 14.3 Å². The van der Waals surface area contributed by atoms with Crippen LogP contribution in [0, 0.1) is 0 Å². The summed E-state index contributed by atoms with van der Waals surface area (Å²) in [7, 11) is 0. The van der Waals surface area contributed by atoms with Gasteiger partial charge in [0.2, 0.25) is 5.91 Å². The van der Waals surface area contributed by atoms with E-state index in [1.165, 1.54) is 29.5 Å². The van der Waals surface area contributed by atoms with E-state index in [4.69, 9.17) is 0 Å². The SMILES string of the molecule is O=C(CSc1nnc(CN2CCCC2)n1-c1ccccc1)N1CCCC1c1cccs1. The summed E-state index contributed by atoms with van der Waals surface area (Å²) in [4.78, 5) is 18.9. The average Bonchev–Trinajstić information content (AvgIpc) is 3.60. The Labute approximate surface area is 191 Å². The van der Waals surface area contributed by atoms with Gasteiger partial charge in [0.1, 0.15) is 0 Å². The zero-order chi connectivity index (χ0) is 21.0. The Morgan fingerprint density at radius 1 is 1.03 bits per heavy atom. The Hall–Kier alpha value is -2.16. The molecule has 1 unspecified atom stereocenters. The largest absolute Gasteiger partial charge is 0.334 e. The number of thiophene rings is 1. The van der Waals surface area contributed by atoms with Crippen molar-refractivity contribution >= 4 is 29.0 Å². The van der Waals surface area contributed by atoms with Crippen LogP contribution in [0.5, 0.6) is 0 Å². The van der Waals surface area contributed by atoms with Gasteiger partial charge in [-0.1, -0.05) is 36.0 Å². The number of benzene rings is 1. The fourth-order valence-corrected chi connectivity index (χ4v) is 6.25. The molecule has 2 fully saturated rings. The number of para-hydroxylation sites is 1. The smallest absolute Gasteiger partial charge is 0.233 e. The number of hydrogen-bond acceptors (Lipinski definition) is 6. The van der Waals surface area contributed by atoms with E-state index in [9.17, 15) is 4.79 Å². The van der Waals surface area contributed by atoms with Crippen LogP contribution in [-0.2, 0) is 11.3 Å². The quantitative estimate of drug-likeness (QED) is 0.497. The Morgan fingerprint density at radius 3 is 2.65 bits per heavy atom. The highest BCUT2D eigenvalue weighted by atomic mass is 32.2. The number of amides is 1. The fourth-order valence-electron chi connectivity index (χ4n) is 4.52. The Balaban J connectivity index is 1.33. The molecule has 2 aliphatic heterocycles. The van der Waals surface area contributed by atoms with Gasteiger partial charge in [0.25, 0.3) is 0 Å². The van der Waals surface area contributed by atoms with Crippen molar-refractivity contribution in [2.75, 3.05) is 25.4 Å². The van der Waals surface area contributed by atoms with Gasteiger partial charge >= 0.3 is 0 Å². The zero-order valence-corrected chi connectivity index (χ0v) is 19.2. The number of carbonyl (C=O) groups excluding carboxylic acids is 1. The summed E-state index contributed by atoms with van der Waals surface area (Å²) in [5, 5.41) is 11.9. The van der Waals surface area contributed by atoms with Crippen molar-refractivity contribution in [3.63, 3.8) is 0 Å². The first-order valence-corrected chi connectivity index (χ1v) is 12.8. The maximum Gasteiger partial charge on any atom is 0.233 e. The third kappa shape index (κ3) is 4.56. The molecule has 6 nitrogen and oxygen atoms in total. The molecule has 162 valence electrons. The summed E-state index contributed by atoms with van der Waals surface area (Å²) < 4.78 is 2.12. The van der Waals surface area contributed by atoms with Crippen molar-refractivity contribution in [3.8, 4) is 5.69 Å². The Bertz CT molecular complexity index is 998. The number of carbonyl (C=O) groups is 1. The number of hydrogen-bond donors (Lipinski definition) is 0. The molecule has 3 aromatic rings. The van der Waals surface area contributed by atoms with Gasteiger partial charge in [-0.25, -0.2) is 0 Å². The van der Waals surface area contributed by atoms with Crippen molar-refractivity contribution < 1.29 is 4.79 Å². The predicted octanol–water partition coefficient (Wildman–Crippen LogP) is 4.38. The van der Waals surface area contributed by atoms with Gasteiger partial charge in [-0.2, -0.15) is 0 Å². The molecule has 2 saturated heterocycles. The van der Waals surface area contributed by atoms with Crippen LogP contribution in [0.3, 0.4) is 0 Å². The van der Waals surface area contributed by atoms with E-state index < -0.39 is 0 Å². The first-order chi connectivity index (χ1) is 15.3. The van der Waals surface area contributed by atoms with E-state index in [2.05, 4.69) is 49.3 Å². The number of nitrogens with zero attached hydrogens (tertiary/aromatic N) is 5. The van der Waals surface area contributed by atoms with Crippen molar-refractivity contribution in [2.45, 2.75) is 43.4 Å². The fraction of sp³-hybridized carbons (Fsp3) is 0.435. The molecule has 2 aromatic heterocycles. The second kappa shape index (κ2) is 9.54. The molecule has 0 bridgehead atoms. The molecule has 5 rings (SSSR count). The highest BCUT2D eigenvalue weighted by Crippen LogP contribution is 2.35. The van der Waals surface area contributed by atoms with E-state index in [-0.39, 0.29) is 11.9 Å². The molecule has 0 spiro atoms. The number of rotatable bonds is 7. The standard InChI is InChI=1S/C23H27N5OS2/c29-22(27-14-6-10-19(27)20-11-7-15-30-20)17-31-23-25-24-21(16-26-12-4-5-13-26)28(23)18-8-2-1-3-9-18/h1-3,7-9,11,15,19H,4-6,10,12-14,16-17H2. The van der Waals surface area contributed by atoms with Gasteiger partial charge in [0.15, 0.2) is 11.0 Å². The van der Waals surface area contributed by atoms with Gasteiger partial charge in [-0.15, -0.1) is 21.5 Å². The van der Waals surface area contributed by atoms with Crippen LogP contribution in [-0.4, -0.2) is 55.9 Å². The topological polar surface area (TPSA) is 54.3 Å². The van der Waals surface area contributed by atoms with Gasteiger partial charge < -0.3 is 4.90 Å². The highest BCUT2D eigenvalue weighted by Gasteiger charge is 2.31. The van der Waals surface area contributed by atoms with Crippen molar-refractivity contribution in [2.24, 2.45) is 0 Å². The summed E-state index contributed by atoms with van der Waals surface area (Å²) in [6, 6.07) is 14.7. The van der Waals surface area contributed by atoms with E-state index >= 15 is 0 Å². The summed E-state index contributed by atoms with van der Waals surface area (Å²) in [5.74, 6) is 1.52. The number of aromatic nitrogens is 3. The van der Waals surface area contributed by atoms with Crippen LogP contribution in [0.1, 0.15) is 42.4 Å². The monoisotopic (exact) mass is 453 g/mol. The second-order valence-corrected chi connectivity index (χ2v) is 10.0. The average molecular weight is 454 g/mol. The van der Waals surface area contributed by atoms with Gasteiger partial charge in [0.05, 0.1) is 18.3 Å². The molecule has 1 atom stereocenters. The summed E-state index contributed by atoms with van der Waals surface area (Å²) in [6.07, 6.45) is 4.61. The third-order valence-electron chi connectivity index (χ3n) is 6.05. The van der Waals surface area contributed by atoms with Crippen LogP contribution in [0.2, 0.25) is 0 Å². The van der Waals surface area contributed by atoms with E-state index in [0.717, 1.165) is 55.7 Å². The lowest BCUT2D eigenvalue weighted by Crippen LogP contribution is -2.31. The minimum absolute atomic E-state index is 0.185. The molecule has 0 N–H and O–H groups in total. The molecular weight excluding hydrogens is 426 g/mol. The molecule has 31 heavy (non-hydrogen) atoms. The first kappa shape index (κ1) is 20.7. The maximum atomic E-state index is 13.1. The number of likely N-dealkylation sites (tertiary alicyclic amines) is 2. The first-order valence-electron chi connectivity index (χ1n) is 11.0. The molecule has 4 heterocycles. The Morgan fingerprint density at radius 2 is 1.87 bits per heavy atom. The van der Waals surface area contributed by atoms with Crippen molar-refractivity contribution in [1.82, 2.24) is 24.6 Å². The number of thioether (sulfide) groups is 1. The highest BCUT2D eigenvalue weighted by molar-refractivity contribution is 7.99. The minimum atomic E-state index is 0.185. The summed E-state index contributed by atoms with van der Waals surface area (Å²) in [5.41, 5.74) is 1.05. The molecule has 1 amide bonds. The lowest BCUT2D eigenvalue weighted by Gasteiger charge is -2.23. The maximum absolute atomic E-state index is 13.1. The van der Waals surface area contributed by atoms with Crippen LogP contribution < -0.4 is 0 Å². The zero-order valence-electron chi connectivity index (χ0n) is 17.5. The second-order valence-electron chi connectivity index (χ2n) is 8.10. The minimum Gasteiger partial charge on any atom is -0.334 e. The van der Waals surface area contributed by atoms with E-state index in [0.29, 0.717) is 5.75 Å². The Kier molecular flexibility index (Phi) is 6.38. The van der Waals surface area contributed by atoms with E-state index in [1.54, 1.807) is 11.3 Å². The van der Waals surface area contributed by atoms with Crippen molar-refractivity contribution in [1.29, 1.82) is 0 Å². The summed E-state index contributed by atoms with van der Waals surface area (Å²) >= 11 is 3.24. The molecule has 8 heteroatoms. The normalized spacial score (nSPS) is 19.4. The molecule has 0 aliphatic carbocycles. The molecule has 0 saturated carbocycles. The van der Waals surface area contributed by atoms with Gasteiger partial charge in [0, 0.05) is 17.1 Å². The van der Waals surface area contributed by atoms with Crippen LogP contribution in [0.4, 0.5) is 0 Å². The van der Waals surface area contributed by atoms with Crippen LogP contribution in [0.15, 0.2) is 53.0 Å². The molecule has 0 radical (unpaired) electrons. The third-order valence-corrected chi connectivity index (χ3v) is 7.94.